The second kappa shape index (κ2) is 8.21. The predicted molar refractivity (Wildman–Crippen MR) is 85.1 cm³/mol. The van der Waals surface area contributed by atoms with Crippen molar-refractivity contribution in [1.82, 2.24) is 0 Å². The Morgan fingerprint density at radius 2 is 1.91 bits per heavy atom. The molecule has 2 rings (SSSR count). The molecule has 1 amide bonds. The van der Waals surface area contributed by atoms with Gasteiger partial charge >= 0.3 is 0 Å². The van der Waals surface area contributed by atoms with E-state index in [1.807, 2.05) is 0 Å². The molecule has 1 heterocycles. The summed E-state index contributed by atoms with van der Waals surface area (Å²) < 4.78 is 5.11. The second-order valence-electron chi connectivity index (χ2n) is 4.08. The SMILES string of the molecule is O=C1C=N/C=C\OC/C=C\C=Nc2ccccc2C(=O)C=N1. The maximum atomic E-state index is 12.1. The number of fused-ring (bicyclic) bond motifs is 1. The summed E-state index contributed by atoms with van der Waals surface area (Å²) in [5, 5.41) is 0. The first-order chi connectivity index (χ1) is 10.8. The number of hydrogen-bond acceptors (Lipinski definition) is 5. The van der Waals surface area contributed by atoms with E-state index < -0.39 is 11.7 Å². The third-order valence-corrected chi connectivity index (χ3v) is 2.53. The maximum Gasteiger partial charge on any atom is 0.288 e. The summed E-state index contributed by atoms with van der Waals surface area (Å²) in [5.41, 5.74) is 0.863. The molecule has 110 valence electrons. The van der Waals surface area contributed by atoms with Crippen LogP contribution in [0.2, 0.25) is 0 Å². The first-order valence-electron chi connectivity index (χ1n) is 6.48. The van der Waals surface area contributed by atoms with Crippen LogP contribution in [0.15, 0.2) is 63.9 Å². The molecule has 0 radical (unpaired) electrons. The zero-order valence-electron chi connectivity index (χ0n) is 11.6. The van der Waals surface area contributed by atoms with E-state index in [1.165, 1.54) is 12.5 Å². The first kappa shape index (κ1) is 15.2. The van der Waals surface area contributed by atoms with Crippen molar-refractivity contribution >= 4 is 36.0 Å². The zero-order chi connectivity index (χ0) is 15.6. The Labute approximate surface area is 127 Å². The average Bonchev–Trinajstić information content (AvgIpc) is 2.54. The van der Waals surface area contributed by atoms with E-state index in [0.717, 1.165) is 12.4 Å². The number of hydrogen-bond donors (Lipinski definition) is 0. The lowest BCUT2D eigenvalue weighted by Crippen LogP contribution is -2.04. The summed E-state index contributed by atoms with van der Waals surface area (Å²) in [4.78, 5) is 34.9. The third-order valence-electron chi connectivity index (χ3n) is 2.53. The Balaban J connectivity index is 2.32. The van der Waals surface area contributed by atoms with E-state index in [4.69, 9.17) is 4.74 Å². The van der Waals surface area contributed by atoms with Crippen molar-refractivity contribution in [2.45, 2.75) is 0 Å². The van der Waals surface area contributed by atoms with E-state index in [9.17, 15) is 9.59 Å². The molecule has 0 fully saturated rings. The highest BCUT2D eigenvalue weighted by Gasteiger charge is 2.08. The molecule has 22 heavy (non-hydrogen) atoms. The van der Waals surface area contributed by atoms with E-state index in [-0.39, 0.29) is 0 Å². The number of rotatable bonds is 0. The van der Waals surface area contributed by atoms with Gasteiger partial charge in [-0.1, -0.05) is 12.1 Å². The van der Waals surface area contributed by atoms with Gasteiger partial charge in [0.05, 0.1) is 24.3 Å². The number of Topliss-reactive ketones (excluding diaryl/α,β-unsaturated/α-hetero) is 1. The molecule has 6 heteroatoms. The highest BCUT2D eigenvalue weighted by Crippen LogP contribution is 2.18. The Bertz CT molecular complexity index is 700. The van der Waals surface area contributed by atoms with Crippen molar-refractivity contribution in [1.29, 1.82) is 0 Å². The molecular formula is C16H13N3O3. The van der Waals surface area contributed by atoms with Crippen LogP contribution in [-0.4, -0.2) is 36.9 Å². The van der Waals surface area contributed by atoms with Crippen LogP contribution in [0.3, 0.4) is 0 Å². The van der Waals surface area contributed by atoms with E-state index in [1.54, 1.807) is 42.6 Å². The van der Waals surface area contributed by atoms with Crippen molar-refractivity contribution < 1.29 is 14.3 Å². The number of carbonyl (C=O) groups excluding carboxylic acids is 2. The van der Waals surface area contributed by atoms with Crippen LogP contribution in [0.25, 0.3) is 0 Å². The standard InChI is InChI=1S/C16H13N3O3/c20-15-11-19-16(21)12-17-8-10-22-9-4-3-7-18-14-6-2-1-5-13(14)15/h1-8,10-12H,9H2/b4-3-,10-8-,17-12?,18-7?,19-11?. The molecule has 6 nitrogen and oxygen atoms in total. The van der Waals surface area contributed by atoms with E-state index in [0.29, 0.717) is 17.9 Å². The van der Waals surface area contributed by atoms with Gasteiger partial charge in [-0.3, -0.25) is 19.6 Å². The maximum absolute atomic E-state index is 12.1. The Morgan fingerprint density at radius 1 is 1.05 bits per heavy atom. The normalized spacial score (nSPS) is 18.5. The van der Waals surface area contributed by atoms with Crippen LogP contribution in [0, 0.1) is 0 Å². The number of aliphatic imine (C=N–C) groups is 3. The van der Waals surface area contributed by atoms with Crippen LogP contribution in [-0.2, 0) is 9.53 Å². The number of ketones is 1. The van der Waals surface area contributed by atoms with Crippen molar-refractivity contribution in [3.63, 3.8) is 0 Å². The van der Waals surface area contributed by atoms with Gasteiger partial charge in [-0.25, -0.2) is 4.99 Å². The van der Waals surface area contributed by atoms with Crippen molar-refractivity contribution in [2.24, 2.45) is 15.0 Å². The first-order valence-corrected chi connectivity index (χ1v) is 6.48. The number of carbonyl (C=O) groups is 2. The van der Waals surface area contributed by atoms with E-state index in [2.05, 4.69) is 15.0 Å². The Kier molecular flexibility index (Phi) is 5.69. The lowest BCUT2D eigenvalue weighted by Gasteiger charge is -2.00. The van der Waals surface area contributed by atoms with Crippen molar-refractivity contribution in [3.05, 3.63) is 54.4 Å². The van der Waals surface area contributed by atoms with Gasteiger partial charge in [0, 0.05) is 11.8 Å². The van der Waals surface area contributed by atoms with Crippen molar-refractivity contribution in [2.75, 3.05) is 6.61 Å². The van der Waals surface area contributed by atoms with Gasteiger partial charge in [0.2, 0.25) is 5.78 Å². The zero-order valence-corrected chi connectivity index (χ0v) is 11.6. The fourth-order valence-corrected chi connectivity index (χ4v) is 1.56. The molecule has 1 aromatic rings. The fraction of sp³-hybridized carbons (Fsp3) is 0.0625. The van der Waals surface area contributed by atoms with Crippen LogP contribution in [0.1, 0.15) is 10.4 Å². The second-order valence-corrected chi connectivity index (χ2v) is 4.08. The van der Waals surface area contributed by atoms with Crippen LogP contribution in [0.5, 0.6) is 0 Å². The molecule has 1 aliphatic heterocycles. The Hall–Kier alpha value is -3.15. The molecular weight excluding hydrogens is 282 g/mol. The topological polar surface area (TPSA) is 80.5 Å². The predicted octanol–water partition coefficient (Wildman–Crippen LogP) is 2.30. The molecule has 0 spiro atoms. The average molecular weight is 295 g/mol. The number of amides is 1. The number of para-hydroxylation sites is 1. The van der Waals surface area contributed by atoms with Gasteiger partial charge < -0.3 is 4.74 Å². The number of nitrogens with zero attached hydrogens (tertiary/aromatic N) is 3. The minimum Gasteiger partial charge on any atom is -0.496 e. The molecule has 0 atom stereocenters. The number of benzene rings is 1. The minimum atomic E-state index is -0.633. The van der Waals surface area contributed by atoms with Gasteiger partial charge in [0.1, 0.15) is 12.9 Å². The summed E-state index contributed by atoms with van der Waals surface area (Å²) >= 11 is 0. The molecule has 0 aromatic heterocycles. The molecule has 0 saturated carbocycles. The monoisotopic (exact) mass is 295 g/mol. The molecule has 1 aromatic carbocycles. The largest absolute Gasteiger partial charge is 0.496 e. The molecule has 0 N–H and O–H groups in total. The summed E-state index contributed by atoms with van der Waals surface area (Å²) in [5.74, 6) is -1.03. The summed E-state index contributed by atoms with van der Waals surface area (Å²) in [7, 11) is 0. The van der Waals surface area contributed by atoms with Crippen molar-refractivity contribution in [3.8, 4) is 0 Å². The van der Waals surface area contributed by atoms with Crippen LogP contribution >= 0.6 is 0 Å². The lowest BCUT2D eigenvalue weighted by molar-refractivity contribution is -0.111. The fourth-order valence-electron chi connectivity index (χ4n) is 1.56. The third kappa shape index (κ3) is 4.75. The van der Waals surface area contributed by atoms with Gasteiger partial charge in [-0.05, 0) is 24.3 Å². The molecule has 1 aliphatic rings. The summed E-state index contributed by atoms with van der Waals surface area (Å²) in [6, 6.07) is 6.82. The smallest absolute Gasteiger partial charge is 0.288 e. The quantitative estimate of drug-likeness (QED) is 0.736. The molecule has 0 saturated heterocycles. The molecule has 0 bridgehead atoms. The summed E-state index contributed by atoms with van der Waals surface area (Å²) in [6.07, 6.45) is 9.65. The highest BCUT2D eigenvalue weighted by molar-refractivity contribution is 6.40. The molecule has 0 unspecified atom stereocenters. The van der Waals surface area contributed by atoms with Gasteiger partial charge in [-0.2, -0.15) is 0 Å². The van der Waals surface area contributed by atoms with E-state index >= 15 is 0 Å². The lowest BCUT2D eigenvalue weighted by atomic mass is 10.1. The molecule has 0 aliphatic carbocycles. The van der Waals surface area contributed by atoms with Crippen LogP contribution < -0.4 is 0 Å². The number of ether oxygens (including phenoxy) is 1. The van der Waals surface area contributed by atoms with Gasteiger partial charge in [0.15, 0.2) is 0 Å². The van der Waals surface area contributed by atoms with Gasteiger partial charge in [0.25, 0.3) is 5.91 Å². The summed E-state index contributed by atoms with van der Waals surface area (Å²) in [6.45, 7) is 0.338. The minimum absolute atomic E-state index is 0.338. The Morgan fingerprint density at radius 3 is 2.82 bits per heavy atom. The number of allylic oxidation sites excluding steroid dienone is 1. The van der Waals surface area contributed by atoms with Gasteiger partial charge in [-0.15, -0.1) is 0 Å². The highest BCUT2D eigenvalue weighted by atomic mass is 16.5. The van der Waals surface area contributed by atoms with Crippen LogP contribution in [0.4, 0.5) is 5.69 Å².